The third-order valence-corrected chi connectivity index (χ3v) is 4.51. The first-order valence-electron chi connectivity index (χ1n) is 7.74. The van der Waals surface area contributed by atoms with Crippen molar-refractivity contribution in [1.29, 1.82) is 0 Å². The van der Waals surface area contributed by atoms with Crippen molar-refractivity contribution in [2.24, 2.45) is 5.10 Å². The molecule has 0 aromatic heterocycles. The van der Waals surface area contributed by atoms with Crippen molar-refractivity contribution < 1.29 is 14.3 Å². The predicted octanol–water partition coefficient (Wildman–Crippen LogP) is 3.62. The molecule has 0 aliphatic carbocycles. The summed E-state index contributed by atoms with van der Waals surface area (Å²) in [6, 6.07) is 9.76. The minimum absolute atomic E-state index is 0.154. The number of hydrogen-bond acceptors (Lipinski definition) is 4. The zero-order valence-corrected chi connectivity index (χ0v) is 16.9. The van der Waals surface area contributed by atoms with Crippen molar-refractivity contribution in [3.63, 3.8) is 0 Å². The number of benzene rings is 2. The van der Waals surface area contributed by atoms with Gasteiger partial charge in [0.1, 0.15) is 0 Å². The Morgan fingerprint density at radius 2 is 1.96 bits per heavy atom. The van der Waals surface area contributed by atoms with Crippen LogP contribution < -0.4 is 14.9 Å². The maximum Gasteiger partial charge on any atom is 0.244 e. The summed E-state index contributed by atoms with van der Waals surface area (Å²) >= 11 is 2.17. The largest absolute Gasteiger partial charge is 0.493 e. The summed E-state index contributed by atoms with van der Waals surface area (Å²) in [4.78, 5) is 12.1. The molecule has 0 fully saturated rings. The quantitative estimate of drug-likeness (QED) is 0.414. The molecular weight excluding hydrogens is 431 g/mol. The van der Waals surface area contributed by atoms with Crippen molar-refractivity contribution in [2.75, 3.05) is 14.2 Å². The minimum Gasteiger partial charge on any atom is -0.493 e. The molecular formula is C19H21IN2O3. The van der Waals surface area contributed by atoms with Gasteiger partial charge in [-0.2, -0.15) is 5.10 Å². The molecule has 0 radical (unpaired) electrons. The first-order chi connectivity index (χ1) is 11.9. The van der Waals surface area contributed by atoms with Gasteiger partial charge in [0.05, 0.1) is 30.4 Å². The summed E-state index contributed by atoms with van der Waals surface area (Å²) in [6.07, 6.45) is 1.89. The molecule has 0 saturated carbocycles. The summed E-state index contributed by atoms with van der Waals surface area (Å²) in [5, 5.41) is 4.03. The van der Waals surface area contributed by atoms with Crippen LogP contribution in [0.1, 0.15) is 22.3 Å². The Morgan fingerprint density at radius 1 is 1.20 bits per heavy atom. The van der Waals surface area contributed by atoms with Crippen molar-refractivity contribution in [3.05, 3.63) is 56.2 Å². The second-order valence-electron chi connectivity index (χ2n) is 5.64. The van der Waals surface area contributed by atoms with E-state index in [4.69, 9.17) is 9.47 Å². The lowest BCUT2D eigenvalue weighted by molar-refractivity contribution is -0.120. The smallest absolute Gasteiger partial charge is 0.244 e. The van der Waals surface area contributed by atoms with Crippen molar-refractivity contribution in [3.8, 4) is 11.5 Å². The molecule has 132 valence electrons. The second-order valence-corrected chi connectivity index (χ2v) is 6.80. The van der Waals surface area contributed by atoms with Crippen molar-refractivity contribution >= 4 is 34.7 Å². The fraction of sp³-hybridized carbons (Fsp3) is 0.263. The molecule has 6 heteroatoms. The molecule has 0 atom stereocenters. The lowest BCUT2D eigenvalue weighted by Gasteiger charge is -2.10. The van der Waals surface area contributed by atoms with Gasteiger partial charge in [-0.25, -0.2) is 5.43 Å². The number of halogens is 1. The first-order valence-corrected chi connectivity index (χ1v) is 8.82. The molecule has 0 heterocycles. The third-order valence-electron chi connectivity index (χ3n) is 3.71. The second kappa shape index (κ2) is 8.84. The Balaban J connectivity index is 2.03. The molecule has 0 bridgehead atoms. The van der Waals surface area contributed by atoms with Gasteiger partial charge in [0.15, 0.2) is 11.5 Å². The summed E-state index contributed by atoms with van der Waals surface area (Å²) in [5.74, 6) is 1.15. The van der Waals surface area contributed by atoms with Gasteiger partial charge < -0.3 is 9.47 Å². The number of ether oxygens (including phenoxy) is 2. The van der Waals surface area contributed by atoms with Gasteiger partial charge in [-0.05, 0) is 65.3 Å². The van der Waals surface area contributed by atoms with E-state index in [1.54, 1.807) is 26.5 Å². The van der Waals surface area contributed by atoms with E-state index >= 15 is 0 Å². The van der Waals surface area contributed by atoms with Crippen LogP contribution in [0.25, 0.3) is 0 Å². The van der Waals surface area contributed by atoms with Crippen LogP contribution in [0.3, 0.4) is 0 Å². The van der Waals surface area contributed by atoms with Crippen LogP contribution in [-0.4, -0.2) is 26.3 Å². The highest BCUT2D eigenvalue weighted by Gasteiger charge is 2.10. The number of methoxy groups -OCH3 is 2. The molecule has 2 aromatic rings. The number of nitrogens with zero attached hydrogens (tertiary/aromatic N) is 1. The lowest BCUT2D eigenvalue weighted by atomic mass is 10.0. The zero-order valence-electron chi connectivity index (χ0n) is 14.7. The molecule has 25 heavy (non-hydrogen) atoms. The Morgan fingerprint density at radius 3 is 2.60 bits per heavy atom. The number of hydrazone groups is 1. The summed E-state index contributed by atoms with van der Waals surface area (Å²) in [7, 11) is 3.18. The van der Waals surface area contributed by atoms with E-state index < -0.39 is 0 Å². The number of nitrogens with one attached hydrogen (secondary N) is 1. The molecule has 1 N–H and O–H groups in total. The monoisotopic (exact) mass is 452 g/mol. The summed E-state index contributed by atoms with van der Waals surface area (Å²) in [6.45, 7) is 4.04. The molecule has 0 unspecified atom stereocenters. The third kappa shape index (κ3) is 5.19. The van der Waals surface area contributed by atoms with E-state index in [2.05, 4.69) is 39.2 Å². The molecule has 2 aromatic carbocycles. The van der Waals surface area contributed by atoms with Gasteiger partial charge in [-0.1, -0.05) is 23.8 Å². The van der Waals surface area contributed by atoms with Gasteiger partial charge in [-0.15, -0.1) is 0 Å². The van der Waals surface area contributed by atoms with Crippen LogP contribution in [0.4, 0.5) is 0 Å². The predicted molar refractivity (Wildman–Crippen MR) is 108 cm³/mol. The molecule has 2 rings (SSSR count). The number of hydrogen-bond donors (Lipinski definition) is 1. The van der Waals surface area contributed by atoms with Crippen LogP contribution in [-0.2, 0) is 11.2 Å². The Hall–Kier alpha value is -2.09. The van der Waals surface area contributed by atoms with E-state index in [9.17, 15) is 4.79 Å². The van der Waals surface area contributed by atoms with Crippen molar-refractivity contribution in [1.82, 2.24) is 5.43 Å². The molecule has 0 saturated heterocycles. The van der Waals surface area contributed by atoms with Crippen LogP contribution in [0.15, 0.2) is 35.4 Å². The highest BCUT2D eigenvalue weighted by Crippen LogP contribution is 2.32. The molecule has 5 nitrogen and oxygen atoms in total. The minimum atomic E-state index is -0.154. The SMILES string of the molecule is COc1cc(/C=N\NC(=O)Cc2ccc(C)cc2C)cc(I)c1OC. The average molecular weight is 452 g/mol. The maximum absolute atomic E-state index is 12.1. The van der Waals surface area contributed by atoms with Crippen LogP contribution in [0.5, 0.6) is 11.5 Å². The Kier molecular flexibility index (Phi) is 6.81. The zero-order chi connectivity index (χ0) is 18.4. The number of amides is 1. The van der Waals surface area contributed by atoms with Crippen LogP contribution in [0.2, 0.25) is 0 Å². The van der Waals surface area contributed by atoms with E-state index in [-0.39, 0.29) is 5.91 Å². The van der Waals surface area contributed by atoms with E-state index in [0.717, 1.165) is 20.3 Å². The van der Waals surface area contributed by atoms with E-state index in [1.807, 2.05) is 32.0 Å². The normalized spacial score (nSPS) is 10.8. The molecule has 0 aliphatic heterocycles. The van der Waals surface area contributed by atoms with Gasteiger partial charge >= 0.3 is 0 Å². The van der Waals surface area contributed by atoms with Gasteiger partial charge in [0.25, 0.3) is 0 Å². The standard InChI is InChI=1S/C19H21IN2O3/c1-12-5-6-15(13(2)7-12)10-18(23)22-21-11-14-8-16(20)19(25-4)17(9-14)24-3/h5-9,11H,10H2,1-4H3,(H,22,23)/b21-11-. The highest BCUT2D eigenvalue weighted by atomic mass is 127. The molecule has 0 aliphatic rings. The molecule has 1 amide bonds. The van der Waals surface area contributed by atoms with Crippen LogP contribution >= 0.6 is 22.6 Å². The summed E-state index contributed by atoms with van der Waals surface area (Å²) < 4.78 is 11.5. The van der Waals surface area contributed by atoms with E-state index in [0.29, 0.717) is 17.9 Å². The maximum atomic E-state index is 12.1. The highest BCUT2D eigenvalue weighted by molar-refractivity contribution is 14.1. The van der Waals surface area contributed by atoms with Crippen LogP contribution in [0, 0.1) is 17.4 Å². The van der Waals surface area contributed by atoms with Gasteiger partial charge in [0, 0.05) is 0 Å². The van der Waals surface area contributed by atoms with Crippen molar-refractivity contribution in [2.45, 2.75) is 20.3 Å². The average Bonchev–Trinajstić information content (AvgIpc) is 2.57. The number of carbonyl (C=O) groups excluding carboxylic acids is 1. The Labute approximate surface area is 161 Å². The molecule has 0 spiro atoms. The summed E-state index contributed by atoms with van der Waals surface area (Å²) in [5.41, 5.74) is 6.66. The Bertz CT molecular complexity index is 803. The fourth-order valence-electron chi connectivity index (χ4n) is 2.45. The first kappa shape index (κ1) is 19.2. The van der Waals surface area contributed by atoms with Gasteiger partial charge in [-0.3, -0.25) is 4.79 Å². The topological polar surface area (TPSA) is 59.9 Å². The number of rotatable bonds is 6. The fourth-order valence-corrected chi connectivity index (χ4v) is 3.29. The van der Waals surface area contributed by atoms with E-state index in [1.165, 1.54) is 5.56 Å². The number of carbonyl (C=O) groups is 1. The van der Waals surface area contributed by atoms with Gasteiger partial charge in [0.2, 0.25) is 5.91 Å². The number of aryl methyl sites for hydroxylation is 2. The lowest BCUT2D eigenvalue weighted by Crippen LogP contribution is -2.20.